The Morgan fingerprint density at radius 1 is 1.37 bits per heavy atom. The summed E-state index contributed by atoms with van der Waals surface area (Å²) >= 11 is 5.16. The molecule has 1 saturated heterocycles. The molecule has 0 atom stereocenters. The summed E-state index contributed by atoms with van der Waals surface area (Å²) in [4.78, 5) is 6.34. The second-order valence-corrected chi connectivity index (χ2v) is 8.10. The van der Waals surface area contributed by atoms with Crippen molar-refractivity contribution in [2.75, 3.05) is 37.7 Å². The summed E-state index contributed by atoms with van der Waals surface area (Å²) in [6.07, 6.45) is 2.91. The third-order valence-electron chi connectivity index (χ3n) is 2.81. The van der Waals surface area contributed by atoms with Crippen molar-refractivity contribution < 1.29 is 8.42 Å². The number of nitrogens with one attached hydrogen (secondary N) is 1. The highest BCUT2D eigenvalue weighted by Crippen LogP contribution is 2.14. The van der Waals surface area contributed by atoms with Crippen LogP contribution in [0.2, 0.25) is 0 Å². The molecule has 2 heterocycles. The number of hydrogen-bond donors (Lipinski definition) is 1. The zero-order valence-electron chi connectivity index (χ0n) is 10.4. The predicted molar refractivity (Wildman–Crippen MR) is 80.9 cm³/mol. The van der Waals surface area contributed by atoms with Gasteiger partial charge in [-0.1, -0.05) is 0 Å². The lowest BCUT2D eigenvalue weighted by Gasteiger charge is -2.25. The zero-order valence-corrected chi connectivity index (χ0v) is 13.6. The fourth-order valence-electron chi connectivity index (χ4n) is 1.79. The van der Waals surface area contributed by atoms with Gasteiger partial charge in [0.1, 0.15) is 4.90 Å². The molecule has 1 aliphatic heterocycles. The van der Waals surface area contributed by atoms with Crippen molar-refractivity contribution in [3.05, 3.63) is 22.9 Å². The molecule has 0 aliphatic carbocycles. The Hall–Kier alpha value is -0.150. The normalized spacial score (nSPS) is 17.5. The summed E-state index contributed by atoms with van der Waals surface area (Å²) in [5.41, 5.74) is 0. The average molecular weight is 366 g/mol. The van der Waals surface area contributed by atoms with Crippen molar-refractivity contribution in [1.29, 1.82) is 0 Å². The number of thioether (sulfide) groups is 1. The van der Waals surface area contributed by atoms with Crippen LogP contribution in [-0.2, 0) is 10.0 Å². The molecule has 1 aromatic heterocycles. The highest BCUT2D eigenvalue weighted by Gasteiger charge is 2.16. The van der Waals surface area contributed by atoms with Crippen molar-refractivity contribution in [3.8, 4) is 0 Å². The molecule has 1 N–H and O–H groups in total. The molecule has 5 nitrogen and oxygen atoms in total. The van der Waals surface area contributed by atoms with E-state index in [2.05, 4.69) is 30.5 Å². The van der Waals surface area contributed by atoms with E-state index in [4.69, 9.17) is 0 Å². The van der Waals surface area contributed by atoms with Gasteiger partial charge in [-0.25, -0.2) is 13.1 Å². The number of hydrogen-bond acceptors (Lipinski definition) is 5. The first-order valence-corrected chi connectivity index (χ1v) is 9.41. The van der Waals surface area contributed by atoms with Crippen molar-refractivity contribution in [1.82, 2.24) is 14.6 Å². The first-order valence-electron chi connectivity index (χ1n) is 5.98. The summed E-state index contributed by atoms with van der Waals surface area (Å²) in [6, 6.07) is 1.55. The third-order valence-corrected chi connectivity index (χ3v) is 5.62. The quantitative estimate of drug-likeness (QED) is 0.848. The van der Waals surface area contributed by atoms with Gasteiger partial charge in [-0.05, 0) is 22.0 Å². The van der Waals surface area contributed by atoms with Gasteiger partial charge in [0.05, 0.1) is 0 Å². The summed E-state index contributed by atoms with van der Waals surface area (Å²) in [5, 5.41) is 0. The summed E-state index contributed by atoms with van der Waals surface area (Å²) < 4.78 is 27.3. The summed E-state index contributed by atoms with van der Waals surface area (Å²) in [7, 11) is -3.46. The van der Waals surface area contributed by atoms with Gasteiger partial charge in [-0.2, -0.15) is 11.8 Å². The zero-order chi connectivity index (χ0) is 13.7. The second-order valence-electron chi connectivity index (χ2n) is 4.19. The molecule has 1 aromatic rings. The smallest absolute Gasteiger partial charge is 0.242 e. The maximum Gasteiger partial charge on any atom is 0.242 e. The van der Waals surface area contributed by atoms with Gasteiger partial charge in [0.2, 0.25) is 10.0 Å². The van der Waals surface area contributed by atoms with Crippen LogP contribution in [0.1, 0.15) is 0 Å². The van der Waals surface area contributed by atoms with E-state index in [9.17, 15) is 8.42 Å². The molecule has 0 unspecified atom stereocenters. The van der Waals surface area contributed by atoms with Gasteiger partial charge in [0.15, 0.2) is 0 Å². The third kappa shape index (κ3) is 4.71. The van der Waals surface area contributed by atoms with E-state index >= 15 is 0 Å². The molecule has 0 saturated carbocycles. The molecule has 8 heteroatoms. The highest BCUT2D eigenvalue weighted by molar-refractivity contribution is 9.10. The second kappa shape index (κ2) is 7.03. The Morgan fingerprint density at radius 3 is 2.79 bits per heavy atom. The SMILES string of the molecule is O=S(=O)(NCCN1CCSCC1)c1cncc(Br)c1. The number of pyridine rings is 1. The van der Waals surface area contributed by atoms with E-state index < -0.39 is 10.0 Å². The van der Waals surface area contributed by atoms with Crippen LogP contribution in [0.5, 0.6) is 0 Å². The Bertz CT molecular complexity index is 518. The lowest BCUT2D eigenvalue weighted by atomic mass is 10.5. The topological polar surface area (TPSA) is 62.3 Å². The molecule has 0 aromatic carbocycles. The molecule has 0 amide bonds. The Balaban J connectivity index is 1.87. The molecule has 1 fully saturated rings. The Morgan fingerprint density at radius 2 is 2.11 bits per heavy atom. The highest BCUT2D eigenvalue weighted by atomic mass is 79.9. The van der Waals surface area contributed by atoms with E-state index in [0.717, 1.165) is 31.1 Å². The van der Waals surface area contributed by atoms with E-state index in [1.807, 2.05) is 11.8 Å². The summed E-state index contributed by atoms with van der Waals surface area (Å²) in [5.74, 6) is 2.25. The average Bonchev–Trinajstić information content (AvgIpc) is 2.40. The van der Waals surface area contributed by atoms with Gasteiger partial charge in [-0.3, -0.25) is 4.98 Å². The van der Waals surface area contributed by atoms with Crippen molar-refractivity contribution in [3.63, 3.8) is 0 Å². The van der Waals surface area contributed by atoms with Gasteiger partial charge in [0.25, 0.3) is 0 Å². The number of aromatic nitrogens is 1. The fraction of sp³-hybridized carbons (Fsp3) is 0.545. The maximum absolute atomic E-state index is 12.0. The lowest BCUT2D eigenvalue weighted by molar-refractivity contribution is 0.307. The van der Waals surface area contributed by atoms with Crippen LogP contribution in [0.3, 0.4) is 0 Å². The molecule has 19 heavy (non-hydrogen) atoms. The van der Waals surface area contributed by atoms with Crippen molar-refractivity contribution in [2.45, 2.75) is 4.90 Å². The molecule has 1 aliphatic rings. The van der Waals surface area contributed by atoms with Crippen LogP contribution < -0.4 is 4.72 Å². The molecule has 0 bridgehead atoms. The number of halogens is 1. The van der Waals surface area contributed by atoms with Gasteiger partial charge in [-0.15, -0.1) is 0 Å². The van der Waals surface area contributed by atoms with Crippen LogP contribution >= 0.6 is 27.7 Å². The minimum atomic E-state index is -3.46. The van der Waals surface area contributed by atoms with Gasteiger partial charge < -0.3 is 4.90 Å². The van der Waals surface area contributed by atoms with Crippen molar-refractivity contribution >= 4 is 37.7 Å². The minimum absolute atomic E-state index is 0.191. The summed E-state index contributed by atoms with van der Waals surface area (Å²) in [6.45, 7) is 3.25. The standard InChI is InChI=1S/C11H16BrN3O2S2/c12-10-7-11(9-13-8-10)19(16,17)14-1-2-15-3-5-18-6-4-15/h7-9,14H,1-6H2. The van der Waals surface area contributed by atoms with Crippen LogP contribution in [-0.4, -0.2) is 56.0 Å². The Kier molecular flexibility index (Phi) is 5.64. The van der Waals surface area contributed by atoms with E-state index in [1.54, 1.807) is 12.3 Å². The maximum atomic E-state index is 12.0. The first-order chi connectivity index (χ1) is 9.08. The largest absolute Gasteiger partial charge is 0.300 e. The fourth-order valence-corrected chi connectivity index (χ4v) is 4.29. The van der Waals surface area contributed by atoms with E-state index in [-0.39, 0.29) is 4.90 Å². The lowest BCUT2D eigenvalue weighted by Crippen LogP contribution is -2.39. The molecule has 106 valence electrons. The predicted octanol–water partition coefficient (Wildman–Crippen LogP) is 1.17. The number of nitrogens with zero attached hydrogens (tertiary/aromatic N) is 2. The van der Waals surface area contributed by atoms with Crippen LogP contribution in [0.25, 0.3) is 0 Å². The monoisotopic (exact) mass is 365 g/mol. The van der Waals surface area contributed by atoms with Crippen LogP contribution in [0, 0.1) is 0 Å². The number of sulfonamides is 1. The first kappa shape index (κ1) is 15.2. The van der Waals surface area contributed by atoms with Crippen LogP contribution in [0.4, 0.5) is 0 Å². The molecular weight excluding hydrogens is 350 g/mol. The van der Waals surface area contributed by atoms with Crippen LogP contribution in [0.15, 0.2) is 27.8 Å². The minimum Gasteiger partial charge on any atom is -0.300 e. The Labute approximate surface area is 126 Å². The van der Waals surface area contributed by atoms with Gasteiger partial charge >= 0.3 is 0 Å². The molecular formula is C11H16BrN3O2S2. The molecule has 0 radical (unpaired) electrons. The van der Waals surface area contributed by atoms with Gasteiger partial charge in [0, 0.05) is 54.6 Å². The van der Waals surface area contributed by atoms with Crippen molar-refractivity contribution in [2.24, 2.45) is 0 Å². The number of rotatable bonds is 5. The molecule has 0 spiro atoms. The van der Waals surface area contributed by atoms with E-state index in [0.29, 0.717) is 11.0 Å². The molecule has 2 rings (SSSR count). The van der Waals surface area contributed by atoms with E-state index in [1.165, 1.54) is 6.20 Å².